The monoisotopic (exact) mass is 360 g/mol. The fourth-order valence-electron chi connectivity index (χ4n) is 3.25. The van der Waals surface area contributed by atoms with Crippen LogP contribution in [-0.2, 0) is 17.8 Å². The number of hydrazine groups is 1. The second-order valence-electron chi connectivity index (χ2n) is 6.75. The Morgan fingerprint density at radius 2 is 2.00 bits per heavy atom. The molecule has 1 aliphatic carbocycles. The molecule has 1 aliphatic heterocycles. The van der Waals surface area contributed by atoms with Gasteiger partial charge in [0.15, 0.2) is 0 Å². The number of thiophene rings is 1. The lowest BCUT2D eigenvalue weighted by Crippen LogP contribution is -2.42. The van der Waals surface area contributed by atoms with Gasteiger partial charge in [-0.3, -0.25) is 29.8 Å². The summed E-state index contributed by atoms with van der Waals surface area (Å²) in [5.41, 5.74) is 5.49. The highest BCUT2D eigenvalue weighted by Crippen LogP contribution is 2.29. The Morgan fingerprint density at radius 1 is 1.20 bits per heavy atom. The minimum Gasteiger partial charge on any atom is -0.296 e. The predicted octanol–water partition coefficient (Wildman–Crippen LogP) is 1.66. The van der Waals surface area contributed by atoms with Gasteiger partial charge in [0.2, 0.25) is 5.91 Å². The van der Waals surface area contributed by atoms with E-state index in [0.717, 1.165) is 44.3 Å². The molecule has 1 saturated carbocycles. The van der Waals surface area contributed by atoms with Gasteiger partial charge in [0, 0.05) is 18.9 Å². The number of aromatic nitrogens is 2. The lowest BCUT2D eigenvalue weighted by molar-refractivity contribution is -0.123. The average molecular weight is 360 g/mol. The first-order valence-electron chi connectivity index (χ1n) is 8.69. The number of hydrogen-bond donors (Lipinski definition) is 2. The van der Waals surface area contributed by atoms with Crippen molar-refractivity contribution in [3.05, 3.63) is 26.6 Å². The molecule has 25 heavy (non-hydrogen) atoms. The van der Waals surface area contributed by atoms with E-state index >= 15 is 0 Å². The van der Waals surface area contributed by atoms with E-state index in [1.54, 1.807) is 11.5 Å². The molecule has 0 spiro atoms. The van der Waals surface area contributed by atoms with E-state index in [9.17, 15) is 14.4 Å². The van der Waals surface area contributed by atoms with Crippen molar-refractivity contribution >= 4 is 33.4 Å². The van der Waals surface area contributed by atoms with Crippen molar-refractivity contribution in [2.75, 3.05) is 0 Å². The first kappa shape index (κ1) is 16.3. The Balaban J connectivity index is 1.67. The van der Waals surface area contributed by atoms with Gasteiger partial charge in [-0.1, -0.05) is 6.42 Å². The van der Waals surface area contributed by atoms with Crippen LogP contribution in [0.2, 0.25) is 0 Å². The minimum atomic E-state index is -0.394. The summed E-state index contributed by atoms with van der Waals surface area (Å²) < 4.78 is 1.76. The Bertz CT molecular complexity index is 926. The van der Waals surface area contributed by atoms with Gasteiger partial charge in [-0.15, -0.1) is 11.3 Å². The Morgan fingerprint density at radius 3 is 2.76 bits per heavy atom. The number of fused-ring (bicyclic) bond motifs is 2. The van der Waals surface area contributed by atoms with Gasteiger partial charge in [0.05, 0.1) is 10.3 Å². The maximum absolute atomic E-state index is 12.9. The van der Waals surface area contributed by atoms with E-state index in [0.29, 0.717) is 27.2 Å². The van der Waals surface area contributed by atoms with Gasteiger partial charge in [-0.25, -0.2) is 4.98 Å². The van der Waals surface area contributed by atoms with Gasteiger partial charge < -0.3 is 0 Å². The van der Waals surface area contributed by atoms with E-state index in [4.69, 9.17) is 0 Å². The van der Waals surface area contributed by atoms with E-state index in [-0.39, 0.29) is 17.4 Å². The van der Waals surface area contributed by atoms with Gasteiger partial charge in [-0.2, -0.15) is 0 Å². The Labute approximate surface area is 148 Å². The first-order chi connectivity index (χ1) is 12.1. The molecule has 1 fully saturated rings. The van der Waals surface area contributed by atoms with Crippen molar-refractivity contribution in [1.82, 2.24) is 20.4 Å². The SMILES string of the molecule is Cc1c(C(=O)NNC(=O)C2CC2)sc2nc3n(c(=O)c12)CCCCC3. The van der Waals surface area contributed by atoms with Gasteiger partial charge >= 0.3 is 0 Å². The molecule has 2 aromatic rings. The summed E-state index contributed by atoms with van der Waals surface area (Å²) in [6.45, 7) is 2.45. The maximum atomic E-state index is 12.9. The zero-order valence-corrected chi connectivity index (χ0v) is 14.9. The summed E-state index contributed by atoms with van der Waals surface area (Å²) in [4.78, 5) is 42.6. The lowest BCUT2D eigenvalue weighted by atomic mass is 10.2. The van der Waals surface area contributed by atoms with E-state index < -0.39 is 5.91 Å². The second-order valence-corrected chi connectivity index (χ2v) is 7.75. The first-order valence-corrected chi connectivity index (χ1v) is 9.51. The van der Waals surface area contributed by atoms with Crippen LogP contribution >= 0.6 is 11.3 Å². The second kappa shape index (κ2) is 6.25. The minimum absolute atomic E-state index is 0.0192. The molecule has 7 nitrogen and oxygen atoms in total. The normalized spacial score (nSPS) is 17.0. The predicted molar refractivity (Wildman–Crippen MR) is 94.5 cm³/mol. The van der Waals surface area contributed by atoms with Crippen molar-refractivity contribution in [1.29, 1.82) is 0 Å². The van der Waals surface area contributed by atoms with Crippen molar-refractivity contribution in [3.8, 4) is 0 Å². The van der Waals surface area contributed by atoms with Crippen LogP contribution in [0.4, 0.5) is 0 Å². The van der Waals surface area contributed by atoms with Crippen LogP contribution in [0.5, 0.6) is 0 Å². The summed E-state index contributed by atoms with van der Waals surface area (Å²) in [5.74, 6) is 0.280. The molecule has 0 bridgehead atoms. The van der Waals surface area contributed by atoms with Gasteiger partial charge in [0.25, 0.3) is 11.5 Å². The topological polar surface area (TPSA) is 93.1 Å². The van der Waals surface area contributed by atoms with Crippen LogP contribution < -0.4 is 16.4 Å². The summed E-state index contributed by atoms with van der Waals surface area (Å²) in [5, 5.41) is 0.523. The van der Waals surface area contributed by atoms with Crippen molar-refractivity contribution in [2.24, 2.45) is 5.92 Å². The maximum Gasteiger partial charge on any atom is 0.280 e. The van der Waals surface area contributed by atoms with Crippen LogP contribution in [0.25, 0.3) is 10.2 Å². The third-order valence-electron chi connectivity index (χ3n) is 4.87. The lowest BCUT2D eigenvalue weighted by Gasteiger charge is -2.08. The molecule has 0 unspecified atom stereocenters. The van der Waals surface area contributed by atoms with E-state index in [1.165, 1.54) is 11.3 Å². The zero-order valence-electron chi connectivity index (χ0n) is 14.1. The fourth-order valence-corrected chi connectivity index (χ4v) is 4.33. The van der Waals surface area contributed by atoms with Gasteiger partial charge in [-0.05, 0) is 38.2 Å². The molecule has 0 atom stereocenters. The number of carbonyl (C=O) groups is 2. The van der Waals surface area contributed by atoms with Crippen LogP contribution in [0.15, 0.2) is 4.79 Å². The molecule has 132 valence electrons. The third-order valence-corrected chi connectivity index (χ3v) is 6.05. The molecule has 4 rings (SSSR count). The molecule has 0 aromatic carbocycles. The molecule has 2 amide bonds. The van der Waals surface area contributed by atoms with E-state index in [2.05, 4.69) is 15.8 Å². The molecular weight excluding hydrogens is 340 g/mol. The number of carbonyl (C=O) groups excluding carboxylic acids is 2. The number of rotatable bonds is 2. The quantitative estimate of drug-likeness (QED) is 0.797. The Hall–Kier alpha value is -2.22. The number of amides is 2. The molecule has 0 saturated heterocycles. The number of hydrogen-bond acceptors (Lipinski definition) is 5. The average Bonchev–Trinajstić information content (AvgIpc) is 3.40. The molecular formula is C17H20N4O3S. The number of nitrogens with zero attached hydrogens (tertiary/aromatic N) is 2. The summed E-state index contributed by atoms with van der Waals surface area (Å²) >= 11 is 1.21. The smallest absolute Gasteiger partial charge is 0.280 e. The fraction of sp³-hybridized carbons (Fsp3) is 0.529. The van der Waals surface area contributed by atoms with Crippen molar-refractivity contribution in [2.45, 2.75) is 52.0 Å². The molecule has 2 N–H and O–H groups in total. The summed E-state index contributed by atoms with van der Waals surface area (Å²) in [6, 6.07) is 0. The molecule has 0 radical (unpaired) electrons. The number of nitrogens with one attached hydrogen (secondary N) is 2. The molecule has 3 heterocycles. The van der Waals surface area contributed by atoms with Crippen LogP contribution in [0.1, 0.15) is 53.2 Å². The van der Waals surface area contributed by atoms with Crippen LogP contribution in [0, 0.1) is 12.8 Å². The Kier molecular flexibility index (Phi) is 4.07. The highest BCUT2D eigenvalue weighted by atomic mass is 32.1. The summed E-state index contributed by atoms with van der Waals surface area (Å²) in [7, 11) is 0. The largest absolute Gasteiger partial charge is 0.296 e. The highest BCUT2D eigenvalue weighted by molar-refractivity contribution is 7.20. The summed E-state index contributed by atoms with van der Waals surface area (Å²) in [6.07, 6.45) is 5.64. The molecule has 8 heteroatoms. The number of aryl methyl sites for hydroxylation is 2. The van der Waals surface area contributed by atoms with E-state index in [1.807, 2.05) is 0 Å². The standard InChI is InChI=1S/C17H20N4O3S/c1-9-12-16(18-11-5-3-2-4-8-21(11)17(12)24)25-13(9)15(23)20-19-14(22)10-6-7-10/h10H,2-8H2,1H3,(H,19,22)(H,20,23). The van der Waals surface area contributed by atoms with Crippen LogP contribution in [-0.4, -0.2) is 21.4 Å². The molecule has 2 aliphatic rings. The van der Waals surface area contributed by atoms with Crippen molar-refractivity contribution in [3.63, 3.8) is 0 Å². The zero-order chi connectivity index (χ0) is 17.6. The van der Waals surface area contributed by atoms with Crippen molar-refractivity contribution < 1.29 is 9.59 Å². The molecule has 2 aromatic heterocycles. The third kappa shape index (κ3) is 2.95. The highest BCUT2D eigenvalue weighted by Gasteiger charge is 2.30. The van der Waals surface area contributed by atoms with Crippen LogP contribution in [0.3, 0.4) is 0 Å². The van der Waals surface area contributed by atoms with Gasteiger partial charge in [0.1, 0.15) is 10.7 Å².